The van der Waals surface area contributed by atoms with Crippen molar-refractivity contribution in [3.8, 4) is 0 Å². The number of pyridine rings is 1. The predicted molar refractivity (Wildman–Crippen MR) is 78.4 cm³/mol. The molecule has 0 radical (unpaired) electrons. The molecule has 0 aliphatic rings. The number of nitrogens with zero attached hydrogens (tertiary/aromatic N) is 2. The Morgan fingerprint density at radius 1 is 1.40 bits per heavy atom. The van der Waals surface area contributed by atoms with Crippen LogP contribution in [0.25, 0.3) is 0 Å². The summed E-state index contributed by atoms with van der Waals surface area (Å²) < 4.78 is 0. The standard InChI is InChI=1S/C15H20N4O/c1-11(2)8-17-10-13-7-15(20)19-14(18-13)6-12-4-3-5-16-9-12/h3-5,7,9,11,17H,6,8,10H2,1-2H3,(H,18,19,20). The van der Waals surface area contributed by atoms with E-state index in [1.165, 1.54) is 0 Å². The van der Waals surface area contributed by atoms with Gasteiger partial charge < -0.3 is 10.3 Å². The predicted octanol–water partition coefficient (Wildman–Crippen LogP) is 1.50. The van der Waals surface area contributed by atoms with E-state index in [0.29, 0.717) is 24.7 Å². The average Bonchev–Trinajstić information content (AvgIpc) is 2.38. The molecule has 0 unspecified atom stereocenters. The van der Waals surface area contributed by atoms with E-state index in [4.69, 9.17) is 0 Å². The summed E-state index contributed by atoms with van der Waals surface area (Å²) in [6.07, 6.45) is 4.09. The van der Waals surface area contributed by atoms with Gasteiger partial charge in [0.25, 0.3) is 5.56 Å². The summed E-state index contributed by atoms with van der Waals surface area (Å²) in [6, 6.07) is 5.39. The first-order chi connectivity index (χ1) is 9.63. The quantitative estimate of drug-likeness (QED) is 0.836. The zero-order chi connectivity index (χ0) is 14.4. The van der Waals surface area contributed by atoms with Crippen molar-refractivity contribution in [1.82, 2.24) is 20.3 Å². The Balaban J connectivity index is 2.06. The maximum Gasteiger partial charge on any atom is 0.251 e. The van der Waals surface area contributed by atoms with Crippen molar-refractivity contribution in [1.29, 1.82) is 0 Å². The highest BCUT2D eigenvalue weighted by atomic mass is 16.1. The van der Waals surface area contributed by atoms with Crippen LogP contribution in [0.1, 0.15) is 30.9 Å². The molecule has 106 valence electrons. The van der Waals surface area contributed by atoms with Gasteiger partial charge in [-0.3, -0.25) is 9.78 Å². The molecule has 0 saturated carbocycles. The van der Waals surface area contributed by atoms with Gasteiger partial charge in [0, 0.05) is 31.4 Å². The van der Waals surface area contributed by atoms with Crippen LogP contribution >= 0.6 is 0 Å². The van der Waals surface area contributed by atoms with Crippen LogP contribution in [0.3, 0.4) is 0 Å². The van der Waals surface area contributed by atoms with E-state index in [-0.39, 0.29) is 5.56 Å². The van der Waals surface area contributed by atoms with Crippen LogP contribution in [0.2, 0.25) is 0 Å². The molecule has 0 amide bonds. The summed E-state index contributed by atoms with van der Waals surface area (Å²) in [5.41, 5.74) is 1.69. The molecule has 0 aromatic carbocycles. The highest BCUT2D eigenvalue weighted by molar-refractivity contribution is 5.15. The molecule has 2 aromatic rings. The second-order valence-electron chi connectivity index (χ2n) is 5.25. The zero-order valence-electron chi connectivity index (χ0n) is 11.9. The second kappa shape index (κ2) is 6.96. The van der Waals surface area contributed by atoms with Crippen LogP contribution < -0.4 is 10.9 Å². The topological polar surface area (TPSA) is 70.7 Å². The molecule has 0 aliphatic carbocycles. The van der Waals surface area contributed by atoms with Crippen LogP contribution in [0.5, 0.6) is 0 Å². The van der Waals surface area contributed by atoms with E-state index >= 15 is 0 Å². The fourth-order valence-electron chi connectivity index (χ4n) is 1.92. The Morgan fingerprint density at radius 2 is 2.25 bits per heavy atom. The molecule has 5 nitrogen and oxygen atoms in total. The maximum atomic E-state index is 11.7. The minimum absolute atomic E-state index is 0.111. The Bertz CT molecular complexity index is 592. The third kappa shape index (κ3) is 4.59. The van der Waals surface area contributed by atoms with Gasteiger partial charge in [-0.15, -0.1) is 0 Å². The molecule has 0 saturated heterocycles. The fourth-order valence-corrected chi connectivity index (χ4v) is 1.92. The van der Waals surface area contributed by atoms with Crippen LogP contribution in [0, 0.1) is 5.92 Å². The van der Waals surface area contributed by atoms with Gasteiger partial charge in [-0.1, -0.05) is 19.9 Å². The molecule has 0 fully saturated rings. The van der Waals surface area contributed by atoms with Crippen LogP contribution in [0.15, 0.2) is 35.4 Å². The van der Waals surface area contributed by atoms with Gasteiger partial charge >= 0.3 is 0 Å². The molecule has 2 rings (SSSR count). The van der Waals surface area contributed by atoms with Gasteiger partial charge in [0.15, 0.2) is 0 Å². The minimum atomic E-state index is -0.111. The van der Waals surface area contributed by atoms with Crippen molar-refractivity contribution >= 4 is 0 Å². The van der Waals surface area contributed by atoms with Crippen molar-refractivity contribution in [2.24, 2.45) is 5.92 Å². The third-order valence-electron chi connectivity index (χ3n) is 2.80. The zero-order valence-corrected chi connectivity index (χ0v) is 11.9. The smallest absolute Gasteiger partial charge is 0.251 e. The van der Waals surface area contributed by atoms with E-state index in [1.807, 2.05) is 12.1 Å². The third-order valence-corrected chi connectivity index (χ3v) is 2.80. The summed E-state index contributed by atoms with van der Waals surface area (Å²) in [5, 5.41) is 3.29. The first kappa shape index (κ1) is 14.4. The number of nitrogens with one attached hydrogen (secondary N) is 2. The maximum absolute atomic E-state index is 11.7. The number of hydrogen-bond donors (Lipinski definition) is 2. The van der Waals surface area contributed by atoms with Crippen molar-refractivity contribution in [2.45, 2.75) is 26.8 Å². The van der Waals surface area contributed by atoms with Crippen LogP contribution in [-0.2, 0) is 13.0 Å². The normalized spacial score (nSPS) is 10.9. The molecule has 0 atom stereocenters. The van der Waals surface area contributed by atoms with E-state index in [9.17, 15) is 4.79 Å². The monoisotopic (exact) mass is 272 g/mol. The largest absolute Gasteiger partial charge is 0.311 e. The first-order valence-corrected chi connectivity index (χ1v) is 6.82. The molecule has 0 bridgehead atoms. The molecule has 0 spiro atoms. The Morgan fingerprint density at radius 3 is 2.95 bits per heavy atom. The van der Waals surface area contributed by atoms with Gasteiger partial charge in [0.2, 0.25) is 0 Å². The Kier molecular flexibility index (Phi) is 5.01. The summed E-state index contributed by atoms with van der Waals surface area (Å²) in [7, 11) is 0. The number of hydrogen-bond acceptors (Lipinski definition) is 4. The number of H-pyrrole nitrogens is 1. The van der Waals surface area contributed by atoms with Crippen LogP contribution in [-0.4, -0.2) is 21.5 Å². The molecule has 20 heavy (non-hydrogen) atoms. The van der Waals surface area contributed by atoms with Gasteiger partial charge in [0.1, 0.15) is 5.82 Å². The van der Waals surface area contributed by atoms with Crippen LogP contribution in [0.4, 0.5) is 0 Å². The van der Waals surface area contributed by atoms with E-state index in [2.05, 4.69) is 34.1 Å². The minimum Gasteiger partial charge on any atom is -0.311 e. The number of rotatable bonds is 6. The SMILES string of the molecule is CC(C)CNCc1cc(=O)[nH]c(Cc2cccnc2)n1. The van der Waals surface area contributed by atoms with E-state index < -0.39 is 0 Å². The summed E-state index contributed by atoms with van der Waals surface area (Å²) in [5.74, 6) is 1.25. The van der Waals surface area contributed by atoms with E-state index in [1.54, 1.807) is 18.5 Å². The van der Waals surface area contributed by atoms with E-state index in [0.717, 1.165) is 17.8 Å². The molecule has 2 aromatic heterocycles. The number of aromatic nitrogens is 3. The van der Waals surface area contributed by atoms with Gasteiger partial charge in [0.05, 0.1) is 5.69 Å². The lowest BCUT2D eigenvalue weighted by Gasteiger charge is -2.08. The molecule has 5 heteroatoms. The van der Waals surface area contributed by atoms with Gasteiger partial charge in [-0.25, -0.2) is 4.98 Å². The lowest BCUT2D eigenvalue weighted by atomic mass is 10.2. The van der Waals surface area contributed by atoms with Gasteiger partial charge in [-0.2, -0.15) is 0 Å². The molecule has 2 N–H and O–H groups in total. The number of aromatic amines is 1. The molecular weight excluding hydrogens is 252 g/mol. The van der Waals surface area contributed by atoms with Crippen molar-refractivity contribution in [3.05, 3.63) is 58.0 Å². The highest BCUT2D eigenvalue weighted by Crippen LogP contribution is 2.03. The second-order valence-corrected chi connectivity index (χ2v) is 5.25. The van der Waals surface area contributed by atoms with Crippen molar-refractivity contribution in [3.63, 3.8) is 0 Å². The Labute approximate surface area is 118 Å². The fraction of sp³-hybridized carbons (Fsp3) is 0.400. The van der Waals surface area contributed by atoms with Crippen molar-refractivity contribution in [2.75, 3.05) is 6.54 Å². The summed E-state index contributed by atoms with van der Waals surface area (Å²) in [4.78, 5) is 23.0. The summed E-state index contributed by atoms with van der Waals surface area (Å²) in [6.45, 7) is 5.81. The summed E-state index contributed by atoms with van der Waals surface area (Å²) >= 11 is 0. The van der Waals surface area contributed by atoms with Gasteiger partial charge in [-0.05, 0) is 24.1 Å². The molecule has 2 heterocycles. The van der Waals surface area contributed by atoms with Crippen molar-refractivity contribution < 1.29 is 0 Å². The lowest BCUT2D eigenvalue weighted by molar-refractivity contribution is 0.547. The lowest BCUT2D eigenvalue weighted by Crippen LogP contribution is -2.22. The Hall–Kier alpha value is -2.01. The molecule has 0 aliphatic heterocycles. The average molecular weight is 272 g/mol. The molecular formula is C15H20N4O. The first-order valence-electron chi connectivity index (χ1n) is 6.82. The highest BCUT2D eigenvalue weighted by Gasteiger charge is 2.03.